The molecular weight excluding hydrogens is 406 g/mol. The Morgan fingerprint density at radius 1 is 1.32 bits per heavy atom. The number of rotatable bonds is 5. The Hall–Kier alpha value is -1.84. The van der Waals surface area contributed by atoms with Crippen LogP contribution in [0.2, 0.25) is 0 Å². The van der Waals surface area contributed by atoms with E-state index in [0.717, 1.165) is 10.6 Å². The number of hydrogen-bond donors (Lipinski definition) is 0. The quantitative estimate of drug-likeness (QED) is 0.702. The number of nitrogens with zero attached hydrogens (tertiary/aromatic N) is 3. The Balaban J connectivity index is 0.00000280. The van der Waals surface area contributed by atoms with Gasteiger partial charge in [0.25, 0.3) is 5.91 Å². The lowest BCUT2D eigenvalue weighted by atomic mass is 9.89. The van der Waals surface area contributed by atoms with E-state index in [-0.39, 0.29) is 36.5 Å². The molecule has 0 unspecified atom stereocenters. The number of amides is 2. The van der Waals surface area contributed by atoms with Crippen molar-refractivity contribution in [3.8, 4) is 0 Å². The summed E-state index contributed by atoms with van der Waals surface area (Å²) in [4.78, 5) is 29.3. The molecule has 1 aromatic heterocycles. The summed E-state index contributed by atoms with van der Waals surface area (Å²) in [6.45, 7) is 4.52. The van der Waals surface area contributed by atoms with Crippen molar-refractivity contribution in [1.82, 2.24) is 14.1 Å². The topological polar surface area (TPSA) is 91.1 Å². The zero-order chi connectivity index (χ0) is 20.1. The van der Waals surface area contributed by atoms with Crippen molar-refractivity contribution >= 4 is 34.2 Å². The van der Waals surface area contributed by atoms with Gasteiger partial charge in [0.2, 0.25) is 15.9 Å². The van der Waals surface area contributed by atoms with E-state index in [4.69, 9.17) is 4.42 Å². The summed E-state index contributed by atoms with van der Waals surface area (Å²) in [6.07, 6.45) is 2.66. The zero-order valence-corrected chi connectivity index (χ0v) is 18.2. The molecule has 1 aromatic rings. The molecule has 1 saturated heterocycles. The van der Waals surface area contributed by atoms with E-state index >= 15 is 0 Å². The second-order valence-electron chi connectivity index (χ2n) is 7.67. The number of carbonyl (C=O) groups is 2. The van der Waals surface area contributed by atoms with Gasteiger partial charge in [-0.25, -0.2) is 12.7 Å². The number of furan rings is 1. The molecule has 8 nitrogen and oxygen atoms in total. The molecule has 1 fully saturated rings. The van der Waals surface area contributed by atoms with Crippen LogP contribution in [0.4, 0.5) is 0 Å². The smallest absolute Gasteiger partial charge is 0.290 e. The number of fused-ring (bicyclic) bond motifs is 1. The van der Waals surface area contributed by atoms with Crippen LogP contribution < -0.4 is 0 Å². The minimum absolute atomic E-state index is 0. The Kier molecular flexibility index (Phi) is 6.32. The molecule has 0 N–H and O–H groups in total. The van der Waals surface area contributed by atoms with Crippen LogP contribution in [0, 0.1) is 11.8 Å². The second-order valence-corrected chi connectivity index (χ2v) is 9.50. The van der Waals surface area contributed by atoms with Gasteiger partial charge in [0.1, 0.15) is 5.76 Å². The maximum atomic E-state index is 13.0. The van der Waals surface area contributed by atoms with E-state index in [9.17, 15) is 18.0 Å². The summed E-state index contributed by atoms with van der Waals surface area (Å²) < 4.78 is 30.8. The molecule has 3 heterocycles. The fraction of sp³-hybridized carbons (Fsp3) is 0.556. The third kappa shape index (κ3) is 3.83. The van der Waals surface area contributed by atoms with E-state index in [1.165, 1.54) is 4.90 Å². The third-order valence-electron chi connectivity index (χ3n) is 4.85. The van der Waals surface area contributed by atoms with Gasteiger partial charge in [-0.2, -0.15) is 0 Å². The predicted molar refractivity (Wildman–Crippen MR) is 106 cm³/mol. The van der Waals surface area contributed by atoms with Gasteiger partial charge in [0.05, 0.1) is 30.5 Å². The maximum absolute atomic E-state index is 13.0. The van der Waals surface area contributed by atoms with Gasteiger partial charge in [0, 0.05) is 6.54 Å². The third-order valence-corrected chi connectivity index (χ3v) is 5.91. The summed E-state index contributed by atoms with van der Waals surface area (Å²) in [6, 6.07) is 2.77. The van der Waals surface area contributed by atoms with Gasteiger partial charge in [-0.1, -0.05) is 13.8 Å². The summed E-state index contributed by atoms with van der Waals surface area (Å²) in [5.41, 5.74) is 0.370. The van der Waals surface area contributed by atoms with Crippen LogP contribution in [0.5, 0.6) is 0 Å². The molecule has 0 saturated carbocycles. The highest BCUT2D eigenvalue weighted by Gasteiger charge is 2.55. The first-order valence-electron chi connectivity index (χ1n) is 8.81. The maximum Gasteiger partial charge on any atom is 0.290 e. The van der Waals surface area contributed by atoms with Crippen molar-refractivity contribution < 1.29 is 22.4 Å². The Labute approximate surface area is 171 Å². The highest BCUT2D eigenvalue weighted by Crippen LogP contribution is 2.41. The van der Waals surface area contributed by atoms with E-state index in [1.807, 2.05) is 32.8 Å². The molecular formula is C18H26ClN3O5S. The van der Waals surface area contributed by atoms with Crippen molar-refractivity contribution in [3.63, 3.8) is 0 Å². The van der Waals surface area contributed by atoms with Gasteiger partial charge in [0.15, 0.2) is 5.76 Å². The minimum Gasteiger partial charge on any atom is -0.455 e. The molecule has 0 aromatic carbocycles. The summed E-state index contributed by atoms with van der Waals surface area (Å²) in [7, 11) is 0.0543. The highest BCUT2D eigenvalue weighted by atomic mass is 35.5. The molecule has 10 heteroatoms. The first kappa shape index (κ1) is 22.4. The number of sulfonamides is 1. The number of carbonyl (C=O) groups excluding carboxylic acids is 2. The van der Waals surface area contributed by atoms with Crippen molar-refractivity contribution in [2.75, 3.05) is 26.9 Å². The first-order chi connectivity index (χ1) is 12.5. The fourth-order valence-electron chi connectivity index (χ4n) is 3.81. The molecule has 0 aliphatic carbocycles. The van der Waals surface area contributed by atoms with E-state index in [1.54, 1.807) is 18.2 Å². The largest absolute Gasteiger partial charge is 0.455 e. The van der Waals surface area contributed by atoms with Crippen LogP contribution in [-0.2, 0) is 21.4 Å². The fourth-order valence-corrected chi connectivity index (χ4v) is 4.82. The van der Waals surface area contributed by atoms with E-state index < -0.39 is 27.9 Å². The lowest BCUT2D eigenvalue weighted by molar-refractivity contribution is -0.128. The summed E-state index contributed by atoms with van der Waals surface area (Å²) >= 11 is 0. The Morgan fingerprint density at radius 2 is 1.96 bits per heavy atom. The van der Waals surface area contributed by atoms with Gasteiger partial charge >= 0.3 is 0 Å². The van der Waals surface area contributed by atoms with Crippen molar-refractivity contribution in [1.29, 1.82) is 0 Å². The zero-order valence-electron chi connectivity index (χ0n) is 16.6. The molecule has 0 radical (unpaired) electrons. The van der Waals surface area contributed by atoms with Gasteiger partial charge < -0.3 is 14.2 Å². The number of hydrogen-bond acceptors (Lipinski definition) is 6. The van der Waals surface area contributed by atoms with Gasteiger partial charge in [-0.15, -0.1) is 12.4 Å². The van der Waals surface area contributed by atoms with E-state index in [2.05, 4.69) is 0 Å². The van der Waals surface area contributed by atoms with Crippen LogP contribution >= 0.6 is 12.4 Å². The molecule has 2 aliphatic heterocycles. The van der Waals surface area contributed by atoms with E-state index in [0.29, 0.717) is 18.0 Å². The molecule has 2 aliphatic rings. The van der Waals surface area contributed by atoms with Gasteiger partial charge in [-0.05, 0) is 38.2 Å². The molecule has 0 spiro atoms. The van der Waals surface area contributed by atoms with Crippen molar-refractivity contribution in [3.05, 3.63) is 35.4 Å². The second kappa shape index (κ2) is 7.88. The SMILES string of the molecule is CC(C)[C@H]1C(=O)N(S(C)(=O)=O)C2=CCN(C(=O)c3ccc(CN(C)C)o3)[C@@H]21.Cl. The van der Waals surface area contributed by atoms with Crippen LogP contribution in [-0.4, -0.2) is 67.3 Å². The van der Waals surface area contributed by atoms with Crippen LogP contribution in [0.15, 0.2) is 28.3 Å². The molecule has 2 atom stereocenters. The molecule has 0 bridgehead atoms. The van der Waals surface area contributed by atoms with Crippen LogP contribution in [0.3, 0.4) is 0 Å². The van der Waals surface area contributed by atoms with Crippen LogP contribution in [0.1, 0.15) is 30.2 Å². The van der Waals surface area contributed by atoms with Crippen LogP contribution in [0.25, 0.3) is 0 Å². The minimum atomic E-state index is -3.75. The highest BCUT2D eigenvalue weighted by molar-refractivity contribution is 7.89. The Morgan fingerprint density at radius 3 is 2.50 bits per heavy atom. The summed E-state index contributed by atoms with van der Waals surface area (Å²) in [5, 5.41) is 0. The Bertz CT molecular complexity index is 906. The monoisotopic (exact) mass is 431 g/mol. The van der Waals surface area contributed by atoms with Gasteiger partial charge in [-0.3, -0.25) is 9.59 Å². The lowest BCUT2D eigenvalue weighted by Gasteiger charge is -2.28. The molecule has 3 rings (SSSR count). The van der Waals surface area contributed by atoms with Crippen molar-refractivity contribution in [2.45, 2.75) is 26.4 Å². The molecule has 156 valence electrons. The molecule has 2 amide bonds. The normalized spacial score (nSPS) is 22.0. The lowest BCUT2D eigenvalue weighted by Crippen LogP contribution is -2.42. The first-order valence-corrected chi connectivity index (χ1v) is 10.7. The predicted octanol–water partition coefficient (Wildman–Crippen LogP) is 1.55. The number of halogens is 1. The van der Waals surface area contributed by atoms with Crippen molar-refractivity contribution in [2.24, 2.45) is 11.8 Å². The molecule has 28 heavy (non-hydrogen) atoms. The average Bonchev–Trinajstić information content (AvgIpc) is 3.18. The average molecular weight is 432 g/mol. The summed E-state index contributed by atoms with van der Waals surface area (Å²) in [5.74, 6) is -0.690. The standard InChI is InChI=1S/C18H25N3O5S.ClH/c1-11(2)15-16-13(21(18(15)23)27(5,24)25)8-9-20(16)17(22)14-7-6-12(26-14)10-19(3)4;/h6-8,11,15-16H,9-10H2,1-5H3;1H/t15-,16+;/m1./s1.